The summed E-state index contributed by atoms with van der Waals surface area (Å²) in [5.41, 5.74) is 1.26. The predicted molar refractivity (Wildman–Crippen MR) is 82.1 cm³/mol. The Morgan fingerprint density at radius 2 is 2.19 bits per heavy atom. The summed E-state index contributed by atoms with van der Waals surface area (Å²) in [6.45, 7) is 2.14. The molecule has 1 aromatic heterocycles. The second kappa shape index (κ2) is 5.49. The standard InChI is InChI=1S/C17H22O3S/c18-16(15-9-12-3-1-2-4-14(12)21-15)13-5-7-20-17(10-13)6-8-19-11-17/h9,13H,1-8,10-11H2. The molecule has 3 nitrogen and oxygen atoms in total. The van der Waals surface area contributed by atoms with Crippen molar-refractivity contribution in [2.24, 2.45) is 5.92 Å². The van der Waals surface area contributed by atoms with Crippen molar-refractivity contribution in [2.45, 2.75) is 50.5 Å². The zero-order valence-corrected chi connectivity index (χ0v) is 13.2. The fourth-order valence-corrected chi connectivity index (χ4v) is 5.20. The Morgan fingerprint density at radius 1 is 1.29 bits per heavy atom. The molecule has 0 N–H and O–H groups in total. The maximum atomic E-state index is 12.9. The van der Waals surface area contributed by atoms with E-state index in [0.717, 1.165) is 37.2 Å². The number of ketones is 1. The van der Waals surface area contributed by atoms with Crippen molar-refractivity contribution >= 4 is 17.1 Å². The van der Waals surface area contributed by atoms with Crippen LogP contribution in [0.1, 0.15) is 52.2 Å². The minimum atomic E-state index is -0.171. The van der Waals surface area contributed by atoms with Crippen LogP contribution >= 0.6 is 11.3 Å². The van der Waals surface area contributed by atoms with Gasteiger partial charge in [0.05, 0.1) is 17.1 Å². The number of fused-ring (bicyclic) bond motifs is 1. The Kier molecular flexibility index (Phi) is 3.64. The topological polar surface area (TPSA) is 35.5 Å². The van der Waals surface area contributed by atoms with Crippen LogP contribution in [0, 0.1) is 5.92 Å². The third-order valence-electron chi connectivity index (χ3n) is 5.17. The van der Waals surface area contributed by atoms with Gasteiger partial charge in [-0.05, 0) is 50.2 Å². The number of hydrogen-bond acceptors (Lipinski definition) is 4. The number of aryl methyl sites for hydroxylation is 2. The Morgan fingerprint density at radius 3 is 3.00 bits per heavy atom. The van der Waals surface area contributed by atoms with Gasteiger partial charge in [0.15, 0.2) is 5.78 Å². The zero-order valence-electron chi connectivity index (χ0n) is 12.4. The highest BCUT2D eigenvalue weighted by Crippen LogP contribution is 2.39. The molecule has 2 fully saturated rings. The second-order valence-electron chi connectivity index (χ2n) is 6.65. The van der Waals surface area contributed by atoms with Gasteiger partial charge in [-0.3, -0.25) is 4.79 Å². The molecule has 0 saturated carbocycles. The van der Waals surface area contributed by atoms with Crippen LogP contribution in [-0.4, -0.2) is 31.2 Å². The van der Waals surface area contributed by atoms with Crippen LogP contribution < -0.4 is 0 Å². The molecule has 2 saturated heterocycles. The van der Waals surface area contributed by atoms with Crippen molar-refractivity contribution in [1.82, 2.24) is 0 Å². The zero-order chi connectivity index (χ0) is 14.3. The summed E-state index contributed by atoms with van der Waals surface area (Å²) in [5, 5.41) is 0. The summed E-state index contributed by atoms with van der Waals surface area (Å²) >= 11 is 1.75. The first-order valence-electron chi connectivity index (χ1n) is 8.13. The lowest BCUT2D eigenvalue weighted by Gasteiger charge is -2.36. The van der Waals surface area contributed by atoms with Gasteiger partial charge in [-0.15, -0.1) is 11.3 Å². The van der Waals surface area contributed by atoms with Crippen LogP contribution in [0.5, 0.6) is 0 Å². The van der Waals surface area contributed by atoms with Crippen molar-refractivity contribution in [3.63, 3.8) is 0 Å². The predicted octanol–water partition coefficient (Wildman–Crippen LogP) is 3.40. The van der Waals surface area contributed by atoms with Crippen molar-refractivity contribution in [1.29, 1.82) is 0 Å². The number of ether oxygens (including phenoxy) is 2. The summed E-state index contributed by atoms with van der Waals surface area (Å²) in [4.78, 5) is 15.3. The first-order chi connectivity index (χ1) is 10.3. The molecule has 2 unspecified atom stereocenters. The molecule has 3 aliphatic rings. The number of carbonyl (C=O) groups excluding carboxylic acids is 1. The van der Waals surface area contributed by atoms with E-state index in [-0.39, 0.29) is 11.5 Å². The van der Waals surface area contributed by atoms with Gasteiger partial charge in [-0.1, -0.05) is 0 Å². The number of thiophene rings is 1. The van der Waals surface area contributed by atoms with Crippen molar-refractivity contribution < 1.29 is 14.3 Å². The van der Waals surface area contributed by atoms with Gasteiger partial charge in [0.2, 0.25) is 0 Å². The lowest BCUT2D eigenvalue weighted by atomic mass is 9.82. The molecule has 1 aliphatic carbocycles. The van der Waals surface area contributed by atoms with Gasteiger partial charge in [0.1, 0.15) is 0 Å². The molecule has 1 spiro atoms. The van der Waals surface area contributed by atoms with Crippen LogP contribution in [0.25, 0.3) is 0 Å². The number of hydrogen-bond donors (Lipinski definition) is 0. The average Bonchev–Trinajstić information content (AvgIpc) is 3.13. The van der Waals surface area contributed by atoms with Gasteiger partial charge in [0.25, 0.3) is 0 Å². The minimum absolute atomic E-state index is 0.126. The first kappa shape index (κ1) is 13.9. The fourth-order valence-electron chi connectivity index (χ4n) is 3.93. The molecular weight excluding hydrogens is 284 g/mol. The highest BCUT2D eigenvalue weighted by atomic mass is 32.1. The highest BCUT2D eigenvalue weighted by Gasteiger charge is 2.43. The third-order valence-corrected chi connectivity index (χ3v) is 6.42. The van der Waals surface area contributed by atoms with E-state index >= 15 is 0 Å². The molecule has 1 aromatic rings. The molecule has 114 valence electrons. The van der Waals surface area contributed by atoms with Crippen LogP contribution in [0.15, 0.2) is 6.07 Å². The van der Waals surface area contributed by atoms with E-state index in [2.05, 4.69) is 6.07 Å². The Labute approximate surface area is 129 Å². The molecule has 0 bridgehead atoms. The molecule has 4 rings (SSSR count). The Bertz CT molecular complexity index is 519. The van der Waals surface area contributed by atoms with Gasteiger partial charge >= 0.3 is 0 Å². The van der Waals surface area contributed by atoms with E-state index in [0.29, 0.717) is 19.0 Å². The van der Waals surface area contributed by atoms with Crippen molar-refractivity contribution in [3.05, 3.63) is 21.4 Å². The maximum absolute atomic E-state index is 12.9. The van der Waals surface area contributed by atoms with Crippen LogP contribution in [0.4, 0.5) is 0 Å². The average molecular weight is 306 g/mol. The summed E-state index contributed by atoms with van der Waals surface area (Å²) in [6, 6.07) is 2.18. The SMILES string of the molecule is O=C(c1cc2c(s1)CCCC2)C1CCOC2(CCOC2)C1. The first-order valence-corrected chi connectivity index (χ1v) is 8.95. The molecule has 0 amide bonds. The smallest absolute Gasteiger partial charge is 0.176 e. The minimum Gasteiger partial charge on any atom is -0.378 e. The normalized spacial score (nSPS) is 32.3. The molecule has 21 heavy (non-hydrogen) atoms. The van der Waals surface area contributed by atoms with Crippen LogP contribution in [0.2, 0.25) is 0 Å². The van der Waals surface area contributed by atoms with Crippen molar-refractivity contribution in [3.8, 4) is 0 Å². The van der Waals surface area contributed by atoms with E-state index in [1.54, 1.807) is 11.3 Å². The van der Waals surface area contributed by atoms with Crippen LogP contribution in [0.3, 0.4) is 0 Å². The molecule has 4 heteroatoms. The van der Waals surface area contributed by atoms with E-state index < -0.39 is 0 Å². The molecule has 0 radical (unpaired) electrons. The van der Waals surface area contributed by atoms with E-state index in [9.17, 15) is 4.79 Å². The number of rotatable bonds is 2. The summed E-state index contributed by atoms with van der Waals surface area (Å²) < 4.78 is 11.5. The summed E-state index contributed by atoms with van der Waals surface area (Å²) in [7, 11) is 0. The Balaban J connectivity index is 1.52. The van der Waals surface area contributed by atoms with E-state index in [1.807, 2.05) is 0 Å². The highest BCUT2D eigenvalue weighted by molar-refractivity contribution is 7.14. The molecule has 2 atom stereocenters. The largest absolute Gasteiger partial charge is 0.378 e. The molecule has 0 aromatic carbocycles. The summed E-state index contributed by atoms with van der Waals surface area (Å²) in [6.07, 6.45) is 7.52. The Hall–Kier alpha value is -0.710. The van der Waals surface area contributed by atoms with Gasteiger partial charge < -0.3 is 9.47 Å². The molecule has 3 heterocycles. The quantitative estimate of drug-likeness (QED) is 0.786. The fraction of sp³-hybridized carbons (Fsp3) is 0.706. The second-order valence-corrected chi connectivity index (χ2v) is 7.79. The maximum Gasteiger partial charge on any atom is 0.176 e. The number of carbonyl (C=O) groups is 1. The van der Waals surface area contributed by atoms with Gasteiger partial charge in [0, 0.05) is 30.4 Å². The summed E-state index contributed by atoms with van der Waals surface area (Å²) in [5.74, 6) is 0.476. The lowest BCUT2D eigenvalue weighted by Crippen LogP contribution is -2.42. The van der Waals surface area contributed by atoms with Crippen molar-refractivity contribution in [2.75, 3.05) is 19.8 Å². The van der Waals surface area contributed by atoms with Gasteiger partial charge in [-0.25, -0.2) is 0 Å². The van der Waals surface area contributed by atoms with Gasteiger partial charge in [-0.2, -0.15) is 0 Å². The molecule has 2 aliphatic heterocycles. The molecular formula is C17H22O3S. The number of Topliss-reactive ketones (excluding diaryl/α,β-unsaturated/α-hetero) is 1. The van der Waals surface area contributed by atoms with E-state index in [1.165, 1.54) is 29.7 Å². The lowest BCUT2D eigenvalue weighted by molar-refractivity contribution is -0.0920. The monoisotopic (exact) mass is 306 g/mol. The van der Waals surface area contributed by atoms with Crippen LogP contribution in [-0.2, 0) is 22.3 Å². The van der Waals surface area contributed by atoms with E-state index in [4.69, 9.17) is 9.47 Å². The third kappa shape index (κ3) is 2.58.